The molecule has 0 radical (unpaired) electrons. The smallest absolute Gasteiger partial charge is 0.263 e. The highest BCUT2D eigenvalue weighted by Gasteiger charge is 2.24. The molecule has 0 aliphatic carbocycles. The molecule has 8 heteroatoms. The van der Waals surface area contributed by atoms with Gasteiger partial charge in [0.05, 0.1) is 20.8 Å². The summed E-state index contributed by atoms with van der Waals surface area (Å²) >= 11 is 0. The van der Waals surface area contributed by atoms with Crippen molar-refractivity contribution < 1.29 is 23.5 Å². The fourth-order valence-electron chi connectivity index (χ4n) is 2.83. The number of aromatic nitrogens is 2. The summed E-state index contributed by atoms with van der Waals surface area (Å²) in [5.74, 6) is 2.70. The van der Waals surface area contributed by atoms with Crippen molar-refractivity contribution in [2.45, 2.75) is 26.0 Å². The van der Waals surface area contributed by atoms with E-state index in [0.717, 1.165) is 17.1 Å². The number of hydrogen-bond donors (Lipinski definition) is 0. The predicted molar refractivity (Wildman–Crippen MR) is 110 cm³/mol. The highest BCUT2D eigenvalue weighted by atomic mass is 16.5. The zero-order valence-electron chi connectivity index (χ0n) is 17.5. The Bertz CT molecular complexity index is 954. The minimum Gasteiger partial charge on any atom is -0.497 e. The van der Waals surface area contributed by atoms with Crippen LogP contribution in [0.2, 0.25) is 0 Å². The van der Waals surface area contributed by atoms with E-state index in [0.29, 0.717) is 23.9 Å². The molecule has 0 saturated carbocycles. The Balaban J connectivity index is 1.62. The number of methoxy groups -OCH3 is 2. The lowest BCUT2D eigenvalue weighted by Crippen LogP contribution is -2.39. The molecular weight excluding hydrogens is 386 g/mol. The van der Waals surface area contributed by atoms with Gasteiger partial charge >= 0.3 is 0 Å². The van der Waals surface area contributed by atoms with E-state index in [9.17, 15) is 4.79 Å². The van der Waals surface area contributed by atoms with Gasteiger partial charge in [0.25, 0.3) is 5.91 Å². The van der Waals surface area contributed by atoms with Crippen LogP contribution in [0.5, 0.6) is 17.2 Å². The Kier molecular flexibility index (Phi) is 6.90. The zero-order valence-corrected chi connectivity index (χ0v) is 17.5. The first kappa shape index (κ1) is 21.2. The Morgan fingerprint density at radius 1 is 1.00 bits per heavy atom. The van der Waals surface area contributed by atoms with E-state index in [1.807, 2.05) is 31.2 Å². The van der Waals surface area contributed by atoms with Crippen LogP contribution in [0.1, 0.15) is 19.2 Å². The van der Waals surface area contributed by atoms with Crippen molar-refractivity contribution in [3.8, 4) is 28.6 Å². The molecule has 1 heterocycles. The van der Waals surface area contributed by atoms with Crippen molar-refractivity contribution in [1.29, 1.82) is 0 Å². The topological polar surface area (TPSA) is 86.9 Å². The second-order valence-corrected chi connectivity index (χ2v) is 6.62. The first-order chi connectivity index (χ1) is 14.5. The Morgan fingerprint density at radius 3 is 2.13 bits per heavy atom. The van der Waals surface area contributed by atoms with E-state index in [2.05, 4.69) is 10.1 Å². The maximum absolute atomic E-state index is 12.8. The Labute approximate surface area is 175 Å². The van der Waals surface area contributed by atoms with Gasteiger partial charge in [0.2, 0.25) is 11.7 Å². The number of amides is 1. The number of benzene rings is 2. The summed E-state index contributed by atoms with van der Waals surface area (Å²) in [5.41, 5.74) is 0.800. The maximum Gasteiger partial charge on any atom is 0.263 e. The van der Waals surface area contributed by atoms with E-state index < -0.39 is 6.10 Å². The molecule has 3 rings (SSSR count). The average molecular weight is 411 g/mol. The van der Waals surface area contributed by atoms with Crippen molar-refractivity contribution in [2.75, 3.05) is 21.3 Å². The summed E-state index contributed by atoms with van der Waals surface area (Å²) in [7, 11) is 4.89. The summed E-state index contributed by atoms with van der Waals surface area (Å²) in [6.07, 6.45) is -0.0942. The Hall–Kier alpha value is -3.55. The van der Waals surface area contributed by atoms with Gasteiger partial charge in [0, 0.05) is 12.6 Å². The van der Waals surface area contributed by atoms with Gasteiger partial charge < -0.3 is 23.6 Å². The van der Waals surface area contributed by atoms with Crippen molar-refractivity contribution in [3.05, 3.63) is 54.4 Å². The van der Waals surface area contributed by atoms with Crippen LogP contribution < -0.4 is 14.2 Å². The summed E-state index contributed by atoms with van der Waals surface area (Å²) in [6.45, 7) is 2.08. The SMILES string of the molecule is CC[C@@H](Oc1ccc(OC)cc1)C(=O)N(C)Cc1nc(-c2ccc(OC)cc2)no1. The van der Waals surface area contributed by atoms with E-state index in [1.54, 1.807) is 45.5 Å². The first-order valence-corrected chi connectivity index (χ1v) is 9.56. The van der Waals surface area contributed by atoms with Crippen LogP contribution in [0.25, 0.3) is 11.4 Å². The van der Waals surface area contributed by atoms with Crippen LogP contribution in [-0.2, 0) is 11.3 Å². The molecule has 0 aliphatic rings. The molecule has 30 heavy (non-hydrogen) atoms. The van der Waals surface area contributed by atoms with Gasteiger partial charge in [-0.3, -0.25) is 4.79 Å². The van der Waals surface area contributed by atoms with Crippen LogP contribution in [0.3, 0.4) is 0 Å². The molecular formula is C22H25N3O5. The lowest BCUT2D eigenvalue weighted by Gasteiger charge is -2.22. The molecule has 2 aromatic carbocycles. The second kappa shape index (κ2) is 9.78. The molecule has 0 aliphatic heterocycles. The first-order valence-electron chi connectivity index (χ1n) is 9.56. The number of likely N-dealkylation sites (N-methyl/N-ethyl adjacent to an activating group) is 1. The molecule has 1 amide bonds. The lowest BCUT2D eigenvalue weighted by molar-refractivity contribution is -0.138. The number of ether oxygens (including phenoxy) is 3. The number of rotatable bonds is 9. The number of hydrogen-bond acceptors (Lipinski definition) is 7. The average Bonchev–Trinajstić information content (AvgIpc) is 3.25. The Morgan fingerprint density at radius 2 is 1.57 bits per heavy atom. The quantitative estimate of drug-likeness (QED) is 0.532. The minimum atomic E-state index is -0.618. The third-order valence-corrected chi connectivity index (χ3v) is 4.55. The summed E-state index contributed by atoms with van der Waals surface area (Å²) in [4.78, 5) is 18.7. The molecule has 158 valence electrons. The molecule has 1 atom stereocenters. The number of nitrogens with zero attached hydrogens (tertiary/aromatic N) is 3. The summed E-state index contributed by atoms with van der Waals surface area (Å²) in [5, 5.41) is 4.00. The normalized spacial score (nSPS) is 11.6. The maximum atomic E-state index is 12.8. The molecule has 0 unspecified atom stereocenters. The van der Waals surface area contributed by atoms with Crippen molar-refractivity contribution >= 4 is 5.91 Å². The second-order valence-electron chi connectivity index (χ2n) is 6.62. The van der Waals surface area contributed by atoms with Gasteiger partial charge in [0.15, 0.2) is 6.10 Å². The highest BCUT2D eigenvalue weighted by Crippen LogP contribution is 2.21. The largest absolute Gasteiger partial charge is 0.497 e. The van der Waals surface area contributed by atoms with Crippen molar-refractivity contribution in [3.63, 3.8) is 0 Å². The third-order valence-electron chi connectivity index (χ3n) is 4.55. The molecule has 0 bridgehead atoms. The monoisotopic (exact) mass is 411 g/mol. The van der Waals surface area contributed by atoms with Crippen LogP contribution in [0.4, 0.5) is 0 Å². The lowest BCUT2D eigenvalue weighted by atomic mass is 10.2. The highest BCUT2D eigenvalue weighted by molar-refractivity contribution is 5.81. The summed E-state index contributed by atoms with van der Waals surface area (Å²) < 4.78 is 21.5. The van der Waals surface area contributed by atoms with E-state index in [4.69, 9.17) is 18.7 Å². The predicted octanol–water partition coefficient (Wildman–Crippen LogP) is 3.57. The standard InChI is InChI=1S/C22H25N3O5/c1-5-19(29-18-12-10-17(28-4)11-13-18)22(26)25(2)14-20-23-21(24-30-20)15-6-8-16(27-3)9-7-15/h6-13,19H,5,14H2,1-4H3/t19-/m1/s1. The fourth-order valence-corrected chi connectivity index (χ4v) is 2.83. The fraction of sp³-hybridized carbons (Fsp3) is 0.318. The van der Waals surface area contributed by atoms with Crippen molar-refractivity contribution in [2.24, 2.45) is 0 Å². The molecule has 0 saturated heterocycles. The molecule has 0 fully saturated rings. The number of carbonyl (C=O) groups is 1. The minimum absolute atomic E-state index is 0.169. The van der Waals surface area contributed by atoms with Gasteiger partial charge in [-0.15, -0.1) is 0 Å². The molecule has 8 nitrogen and oxygen atoms in total. The van der Waals surface area contributed by atoms with Gasteiger partial charge in [-0.25, -0.2) is 0 Å². The molecule has 1 aromatic heterocycles. The molecule has 3 aromatic rings. The van der Waals surface area contributed by atoms with Crippen LogP contribution in [0, 0.1) is 0 Å². The molecule has 0 spiro atoms. The van der Waals surface area contributed by atoms with Crippen LogP contribution in [-0.4, -0.2) is 48.3 Å². The van der Waals surface area contributed by atoms with E-state index in [1.165, 1.54) is 4.90 Å². The van der Waals surface area contributed by atoms with Gasteiger partial charge in [-0.1, -0.05) is 12.1 Å². The summed E-state index contributed by atoms with van der Waals surface area (Å²) in [6, 6.07) is 14.5. The zero-order chi connectivity index (χ0) is 21.5. The number of carbonyl (C=O) groups excluding carboxylic acids is 1. The van der Waals surface area contributed by atoms with E-state index >= 15 is 0 Å². The van der Waals surface area contributed by atoms with Gasteiger partial charge in [-0.05, 0) is 55.0 Å². The molecule has 0 N–H and O–H groups in total. The van der Waals surface area contributed by atoms with Gasteiger partial charge in [-0.2, -0.15) is 4.98 Å². The van der Waals surface area contributed by atoms with E-state index in [-0.39, 0.29) is 12.5 Å². The van der Waals surface area contributed by atoms with Crippen molar-refractivity contribution in [1.82, 2.24) is 15.0 Å². The van der Waals surface area contributed by atoms with Crippen LogP contribution in [0.15, 0.2) is 53.1 Å². The third kappa shape index (κ3) is 5.08. The van der Waals surface area contributed by atoms with Crippen LogP contribution >= 0.6 is 0 Å². The van der Waals surface area contributed by atoms with Gasteiger partial charge in [0.1, 0.15) is 17.2 Å².